The Kier molecular flexibility index (Phi) is 7.81. The lowest BCUT2D eigenvalue weighted by Crippen LogP contribution is -2.42. The van der Waals surface area contributed by atoms with Gasteiger partial charge in [0, 0.05) is 44.1 Å². The lowest BCUT2D eigenvalue weighted by Gasteiger charge is -2.44. The van der Waals surface area contributed by atoms with Crippen LogP contribution < -0.4 is 10.6 Å². The lowest BCUT2D eigenvalue weighted by atomic mass is 9.68. The zero-order chi connectivity index (χ0) is 28.8. The molecule has 0 radical (unpaired) electrons. The van der Waals surface area contributed by atoms with E-state index in [0.29, 0.717) is 39.9 Å². The fraction of sp³-hybridized carbons (Fsp3) is 0.273. The molecule has 0 amide bonds. The summed E-state index contributed by atoms with van der Waals surface area (Å²) in [5.74, 6) is 0.617. The number of allylic oxidation sites excluding steroid dienone is 3. The standard InChI is InChI=1S/C33H31Cl2N3OS/c1-19-12-20(2)26(13-21(19)18-40-25-10-8-22(34)9-11-25)30-27(17-36)32(37)38(24-7-5-6-23(35)14-24)28-15-33(3,4)16-29(39)31(28)30/h5-14,30H,15-16,18,37H2,1-4H3. The van der Waals surface area contributed by atoms with E-state index in [4.69, 9.17) is 28.9 Å². The van der Waals surface area contributed by atoms with Crippen molar-refractivity contribution in [2.45, 2.75) is 57.1 Å². The summed E-state index contributed by atoms with van der Waals surface area (Å²) >= 11 is 14.2. The molecule has 1 unspecified atom stereocenters. The predicted molar refractivity (Wildman–Crippen MR) is 165 cm³/mol. The molecule has 0 saturated carbocycles. The summed E-state index contributed by atoms with van der Waals surface area (Å²) in [5.41, 5.74) is 13.5. The molecule has 2 N–H and O–H groups in total. The second-order valence-corrected chi connectivity index (χ2v) is 13.3. The minimum absolute atomic E-state index is 0.0561. The molecule has 204 valence electrons. The number of ketones is 1. The number of nitrogens with zero attached hydrogens (tertiary/aromatic N) is 2. The molecule has 0 bridgehead atoms. The van der Waals surface area contributed by atoms with Gasteiger partial charge >= 0.3 is 0 Å². The molecule has 1 aliphatic carbocycles. The highest BCUT2D eigenvalue weighted by Crippen LogP contribution is 2.51. The summed E-state index contributed by atoms with van der Waals surface area (Å²) in [6.07, 6.45) is 1.06. The van der Waals surface area contributed by atoms with Crippen LogP contribution in [0.5, 0.6) is 0 Å². The third kappa shape index (κ3) is 5.41. The largest absolute Gasteiger partial charge is 0.384 e. The molecule has 7 heteroatoms. The van der Waals surface area contributed by atoms with E-state index in [2.05, 4.69) is 39.0 Å². The number of anilines is 1. The van der Waals surface area contributed by atoms with Gasteiger partial charge < -0.3 is 5.73 Å². The van der Waals surface area contributed by atoms with Crippen LogP contribution in [0, 0.1) is 30.6 Å². The number of carbonyl (C=O) groups is 1. The molecule has 0 spiro atoms. The molecule has 2 aliphatic rings. The first-order valence-electron chi connectivity index (χ1n) is 13.2. The first-order valence-corrected chi connectivity index (χ1v) is 14.9. The topological polar surface area (TPSA) is 70.1 Å². The molecular weight excluding hydrogens is 557 g/mol. The smallest absolute Gasteiger partial charge is 0.162 e. The SMILES string of the molecule is Cc1cc(C)c(C2C(C#N)=C(N)N(c3cccc(Cl)c3)C3=C2C(=O)CC(C)(C)C3)cc1CSc1ccc(Cl)cc1. The second-order valence-electron chi connectivity index (χ2n) is 11.3. The average Bonchev–Trinajstić information content (AvgIpc) is 2.88. The summed E-state index contributed by atoms with van der Waals surface area (Å²) < 4.78 is 0. The van der Waals surface area contributed by atoms with E-state index in [9.17, 15) is 10.1 Å². The number of Topliss-reactive ketones (excluding diaryl/α,β-unsaturated/α-hetero) is 1. The minimum atomic E-state index is -0.529. The van der Waals surface area contributed by atoms with E-state index in [-0.39, 0.29) is 11.2 Å². The maximum absolute atomic E-state index is 13.9. The van der Waals surface area contributed by atoms with Gasteiger partial charge in [0.1, 0.15) is 5.82 Å². The van der Waals surface area contributed by atoms with Crippen LogP contribution in [-0.4, -0.2) is 5.78 Å². The molecule has 0 fully saturated rings. The number of hydrogen-bond acceptors (Lipinski definition) is 5. The number of aryl methyl sites for hydroxylation is 2. The fourth-order valence-electron chi connectivity index (χ4n) is 5.80. The molecule has 1 aliphatic heterocycles. The molecule has 4 nitrogen and oxygen atoms in total. The Labute approximate surface area is 250 Å². The van der Waals surface area contributed by atoms with Gasteiger partial charge in [-0.05, 0) is 90.4 Å². The summed E-state index contributed by atoms with van der Waals surface area (Å²) in [5, 5.41) is 11.8. The van der Waals surface area contributed by atoms with Crippen LogP contribution in [0.3, 0.4) is 0 Å². The number of rotatable bonds is 5. The second kappa shape index (κ2) is 11.0. The highest BCUT2D eigenvalue weighted by molar-refractivity contribution is 7.98. The van der Waals surface area contributed by atoms with Crippen molar-refractivity contribution in [3.8, 4) is 6.07 Å². The van der Waals surface area contributed by atoms with Crippen LogP contribution in [0.4, 0.5) is 5.69 Å². The fourth-order valence-corrected chi connectivity index (χ4v) is 7.08. The zero-order valence-corrected chi connectivity index (χ0v) is 25.3. The Morgan fingerprint density at radius 2 is 1.75 bits per heavy atom. The van der Waals surface area contributed by atoms with Gasteiger partial charge in [0.2, 0.25) is 0 Å². The minimum Gasteiger partial charge on any atom is -0.384 e. The van der Waals surface area contributed by atoms with Gasteiger partial charge in [-0.25, -0.2) is 0 Å². The quantitative estimate of drug-likeness (QED) is 0.302. The first kappa shape index (κ1) is 28.4. The monoisotopic (exact) mass is 587 g/mol. The molecule has 1 atom stereocenters. The van der Waals surface area contributed by atoms with Crippen LogP contribution in [0.15, 0.2) is 88.2 Å². The van der Waals surface area contributed by atoms with E-state index < -0.39 is 5.92 Å². The van der Waals surface area contributed by atoms with Gasteiger partial charge in [-0.1, -0.05) is 55.2 Å². The number of nitrogens with two attached hydrogens (primary N) is 1. The van der Waals surface area contributed by atoms with Gasteiger partial charge in [0.25, 0.3) is 0 Å². The predicted octanol–water partition coefficient (Wildman–Crippen LogP) is 8.84. The van der Waals surface area contributed by atoms with Crippen molar-refractivity contribution in [3.63, 3.8) is 0 Å². The van der Waals surface area contributed by atoms with Crippen molar-refractivity contribution in [2.75, 3.05) is 4.90 Å². The molecule has 0 aromatic heterocycles. The van der Waals surface area contributed by atoms with Crippen molar-refractivity contribution in [3.05, 3.63) is 116 Å². The van der Waals surface area contributed by atoms with Gasteiger partial charge in [0.05, 0.1) is 17.6 Å². The van der Waals surface area contributed by atoms with Crippen molar-refractivity contribution < 1.29 is 4.79 Å². The van der Waals surface area contributed by atoms with Gasteiger partial charge in [-0.2, -0.15) is 5.26 Å². The van der Waals surface area contributed by atoms with Crippen molar-refractivity contribution >= 4 is 46.4 Å². The summed E-state index contributed by atoms with van der Waals surface area (Å²) in [6.45, 7) is 8.35. The average molecular weight is 589 g/mol. The van der Waals surface area contributed by atoms with Crippen LogP contribution >= 0.6 is 35.0 Å². The van der Waals surface area contributed by atoms with E-state index >= 15 is 0 Å². The molecule has 40 heavy (non-hydrogen) atoms. The zero-order valence-electron chi connectivity index (χ0n) is 23.0. The van der Waals surface area contributed by atoms with Crippen LogP contribution in [0.1, 0.15) is 54.9 Å². The first-order chi connectivity index (χ1) is 19.0. The normalized spacial score (nSPS) is 18.6. The number of thioether (sulfide) groups is 1. The van der Waals surface area contributed by atoms with Crippen molar-refractivity contribution in [1.82, 2.24) is 0 Å². The van der Waals surface area contributed by atoms with Crippen molar-refractivity contribution in [2.24, 2.45) is 11.1 Å². The number of hydrogen-bond donors (Lipinski definition) is 1. The van der Waals surface area contributed by atoms with Gasteiger partial charge in [0.15, 0.2) is 5.78 Å². The van der Waals surface area contributed by atoms with Gasteiger partial charge in [-0.3, -0.25) is 9.69 Å². The molecule has 5 rings (SSSR count). The number of benzene rings is 3. The van der Waals surface area contributed by atoms with Crippen LogP contribution in [-0.2, 0) is 10.5 Å². The van der Waals surface area contributed by atoms with E-state index in [0.717, 1.165) is 38.7 Å². The third-order valence-electron chi connectivity index (χ3n) is 7.69. The third-order valence-corrected chi connectivity index (χ3v) is 9.24. The summed E-state index contributed by atoms with van der Waals surface area (Å²) in [7, 11) is 0. The Hall–Kier alpha value is -3.17. The molecular formula is C33H31Cl2N3OS. The summed E-state index contributed by atoms with van der Waals surface area (Å²) in [6, 6.07) is 21.9. The van der Waals surface area contributed by atoms with E-state index in [1.54, 1.807) is 17.8 Å². The molecule has 3 aromatic rings. The summed E-state index contributed by atoms with van der Waals surface area (Å²) in [4.78, 5) is 16.9. The van der Waals surface area contributed by atoms with Crippen LogP contribution in [0.25, 0.3) is 0 Å². The lowest BCUT2D eigenvalue weighted by molar-refractivity contribution is -0.118. The Morgan fingerprint density at radius 1 is 1.02 bits per heavy atom. The number of nitriles is 1. The molecule has 3 aromatic carbocycles. The van der Waals surface area contributed by atoms with Crippen LogP contribution in [0.2, 0.25) is 10.0 Å². The van der Waals surface area contributed by atoms with Crippen molar-refractivity contribution in [1.29, 1.82) is 5.26 Å². The maximum Gasteiger partial charge on any atom is 0.162 e. The molecule has 1 heterocycles. The highest BCUT2D eigenvalue weighted by Gasteiger charge is 2.45. The number of halogens is 2. The molecule has 0 saturated heterocycles. The Bertz CT molecular complexity index is 1620. The Balaban J connectivity index is 1.66. The highest BCUT2D eigenvalue weighted by atomic mass is 35.5. The van der Waals surface area contributed by atoms with Gasteiger partial charge in [-0.15, -0.1) is 11.8 Å². The van der Waals surface area contributed by atoms with E-state index in [1.807, 2.05) is 54.3 Å². The number of carbonyl (C=O) groups excluding carboxylic acids is 1. The maximum atomic E-state index is 13.9. The van der Waals surface area contributed by atoms with E-state index in [1.165, 1.54) is 5.56 Å². The Morgan fingerprint density at radius 3 is 2.42 bits per heavy atom.